The highest BCUT2D eigenvalue weighted by Crippen LogP contribution is 2.31. The molecule has 1 heterocycles. The molecule has 1 aliphatic heterocycles. The molecule has 2 aromatic carbocycles. The van der Waals surface area contributed by atoms with Crippen LogP contribution in [0.2, 0.25) is 0 Å². The van der Waals surface area contributed by atoms with Crippen molar-refractivity contribution < 1.29 is 14.6 Å². The summed E-state index contributed by atoms with van der Waals surface area (Å²) < 4.78 is 5.80. The number of aliphatic carboxylic acids is 1. The van der Waals surface area contributed by atoms with Crippen LogP contribution in [0.25, 0.3) is 0 Å². The summed E-state index contributed by atoms with van der Waals surface area (Å²) in [5, 5.41) is 11.6. The van der Waals surface area contributed by atoms with Crippen LogP contribution in [0.4, 0.5) is 0 Å². The van der Waals surface area contributed by atoms with Gasteiger partial charge in [-0.3, -0.25) is 5.32 Å². The van der Waals surface area contributed by atoms with Gasteiger partial charge in [0.15, 0.2) is 5.37 Å². The van der Waals surface area contributed by atoms with E-state index in [1.165, 1.54) is 11.8 Å². The first-order valence-electron chi connectivity index (χ1n) is 6.66. The van der Waals surface area contributed by atoms with E-state index in [1.807, 2.05) is 54.6 Å². The Morgan fingerprint density at radius 2 is 1.90 bits per heavy atom. The maximum Gasteiger partial charge on any atom is 0.331 e. The molecule has 0 aromatic heterocycles. The van der Waals surface area contributed by atoms with E-state index in [2.05, 4.69) is 5.32 Å². The van der Waals surface area contributed by atoms with Crippen molar-refractivity contribution in [3.8, 4) is 11.5 Å². The molecule has 1 fully saturated rings. The minimum Gasteiger partial charge on any atom is -0.479 e. The van der Waals surface area contributed by atoms with Crippen LogP contribution in [0.15, 0.2) is 54.6 Å². The zero-order valence-corrected chi connectivity index (χ0v) is 12.0. The Balaban J connectivity index is 1.73. The van der Waals surface area contributed by atoms with Gasteiger partial charge in [-0.15, -0.1) is 11.8 Å². The lowest BCUT2D eigenvalue weighted by atomic mass is 10.1. The number of carboxylic acid groups (broad SMARTS) is 1. The van der Waals surface area contributed by atoms with E-state index in [0.717, 1.165) is 22.8 Å². The zero-order chi connectivity index (χ0) is 14.7. The molecule has 1 aliphatic rings. The summed E-state index contributed by atoms with van der Waals surface area (Å²) in [7, 11) is 0. The largest absolute Gasteiger partial charge is 0.479 e. The number of thioether (sulfide) groups is 1. The number of para-hydroxylation sites is 1. The summed E-state index contributed by atoms with van der Waals surface area (Å²) in [5.74, 6) is 1.46. The molecule has 2 atom stereocenters. The Kier molecular flexibility index (Phi) is 4.13. The molecule has 108 valence electrons. The lowest BCUT2D eigenvalue weighted by Gasteiger charge is -2.13. The van der Waals surface area contributed by atoms with E-state index in [1.54, 1.807) is 0 Å². The summed E-state index contributed by atoms with van der Waals surface area (Å²) in [6, 6.07) is 17.4. The van der Waals surface area contributed by atoms with E-state index in [0.29, 0.717) is 0 Å². The number of ether oxygens (including phenoxy) is 1. The summed E-state index contributed by atoms with van der Waals surface area (Å²) in [5.41, 5.74) is 1.04. The molecule has 0 amide bonds. The fourth-order valence-corrected chi connectivity index (χ4v) is 3.30. The summed E-state index contributed by atoms with van der Waals surface area (Å²) in [6.07, 6.45) is 0. The number of hydrogen-bond acceptors (Lipinski definition) is 4. The van der Waals surface area contributed by atoms with Gasteiger partial charge in [-0.05, 0) is 29.8 Å². The average molecular weight is 301 g/mol. The molecule has 5 heteroatoms. The predicted octanol–water partition coefficient (Wildman–Crippen LogP) is 3.27. The van der Waals surface area contributed by atoms with Crippen LogP contribution in [-0.2, 0) is 4.79 Å². The topological polar surface area (TPSA) is 58.6 Å². The van der Waals surface area contributed by atoms with Gasteiger partial charge in [0.25, 0.3) is 0 Å². The van der Waals surface area contributed by atoms with Crippen molar-refractivity contribution >= 4 is 17.7 Å². The van der Waals surface area contributed by atoms with Crippen LogP contribution in [-0.4, -0.2) is 22.2 Å². The fraction of sp³-hybridized carbons (Fsp3) is 0.188. The minimum atomic E-state index is -0.820. The van der Waals surface area contributed by atoms with E-state index in [9.17, 15) is 4.79 Å². The molecule has 21 heavy (non-hydrogen) atoms. The van der Waals surface area contributed by atoms with Crippen LogP contribution < -0.4 is 10.1 Å². The van der Waals surface area contributed by atoms with E-state index < -0.39 is 11.3 Å². The highest BCUT2D eigenvalue weighted by Gasteiger charge is 2.30. The van der Waals surface area contributed by atoms with E-state index in [-0.39, 0.29) is 6.04 Å². The quantitative estimate of drug-likeness (QED) is 0.907. The van der Waals surface area contributed by atoms with Gasteiger partial charge in [0, 0.05) is 11.8 Å². The molecule has 1 saturated heterocycles. The molecule has 2 aromatic rings. The lowest BCUT2D eigenvalue weighted by Crippen LogP contribution is -2.30. The van der Waals surface area contributed by atoms with Gasteiger partial charge in [-0.2, -0.15) is 0 Å². The number of carboxylic acids is 1. The van der Waals surface area contributed by atoms with Crippen molar-refractivity contribution in [2.24, 2.45) is 0 Å². The third kappa shape index (κ3) is 3.37. The van der Waals surface area contributed by atoms with Crippen LogP contribution >= 0.6 is 11.8 Å². The molecule has 4 nitrogen and oxygen atoms in total. The first-order valence-corrected chi connectivity index (χ1v) is 7.70. The molecule has 0 radical (unpaired) electrons. The Bertz CT molecular complexity index is 632. The number of rotatable bonds is 4. The summed E-state index contributed by atoms with van der Waals surface area (Å²) >= 11 is 1.41. The van der Waals surface area contributed by atoms with Gasteiger partial charge in [0.2, 0.25) is 0 Å². The first kappa shape index (κ1) is 14.0. The Morgan fingerprint density at radius 3 is 2.62 bits per heavy atom. The van der Waals surface area contributed by atoms with Gasteiger partial charge >= 0.3 is 5.97 Å². The fourth-order valence-electron chi connectivity index (χ4n) is 2.23. The lowest BCUT2D eigenvalue weighted by molar-refractivity contribution is -0.137. The minimum absolute atomic E-state index is 0.0374. The zero-order valence-electron chi connectivity index (χ0n) is 11.2. The average Bonchev–Trinajstić information content (AvgIpc) is 2.99. The second-order valence-corrected chi connectivity index (χ2v) is 5.90. The van der Waals surface area contributed by atoms with Gasteiger partial charge in [0.1, 0.15) is 11.5 Å². The summed E-state index contributed by atoms with van der Waals surface area (Å²) in [6.45, 7) is 0. The monoisotopic (exact) mass is 301 g/mol. The predicted molar refractivity (Wildman–Crippen MR) is 82.7 cm³/mol. The summed E-state index contributed by atoms with van der Waals surface area (Å²) in [4.78, 5) is 11.0. The van der Waals surface area contributed by atoms with Crippen LogP contribution in [0.3, 0.4) is 0 Å². The van der Waals surface area contributed by atoms with Crippen molar-refractivity contribution in [3.05, 3.63) is 60.2 Å². The SMILES string of the molecule is O=C(O)[C@@H]1N[C@@H](c2cccc(Oc3ccccc3)c2)CS1. The number of benzene rings is 2. The second kappa shape index (κ2) is 6.20. The van der Waals surface area contributed by atoms with E-state index >= 15 is 0 Å². The van der Waals surface area contributed by atoms with Crippen molar-refractivity contribution in [1.82, 2.24) is 5.32 Å². The molecule has 0 spiro atoms. The molecule has 0 saturated carbocycles. The Hall–Kier alpha value is -1.98. The highest BCUT2D eigenvalue weighted by molar-refractivity contribution is 8.00. The van der Waals surface area contributed by atoms with E-state index in [4.69, 9.17) is 9.84 Å². The highest BCUT2D eigenvalue weighted by atomic mass is 32.2. The Morgan fingerprint density at radius 1 is 1.14 bits per heavy atom. The van der Waals surface area contributed by atoms with Gasteiger partial charge in [0.05, 0.1) is 0 Å². The van der Waals surface area contributed by atoms with Crippen molar-refractivity contribution in [3.63, 3.8) is 0 Å². The Labute approximate surface area is 127 Å². The molecule has 0 unspecified atom stereocenters. The van der Waals surface area contributed by atoms with Crippen LogP contribution in [0.1, 0.15) is 11.6 Å². The van der Waals surface area contributed by atoms with Crippen molar-refractivity contribution in [1.29, 1.82) is 0 Å². The molecular weight excluding hydrogens is 286 g/mol. The molecule has 0 bridgehead atoms. The smallest absolute Gasteiger partial charge is 0.331 e. The molecule has 3 rings (SSSR count). The maximum absolute atomic E-state index is 11.0. The number of hydrogen-bond donors (Lipinski definition) is 2. The third-order valence-corrected chi connectivity index (χ3v) is 4.44. The number of carbonyl (C=O) groups is 1. The standard InChI is InChI=1S/C16H15NO3S/c18-16(19)15-17-14(10-21-15)11-5-4-8-13(9-11)20-12-6-2-1-3-7-12/h1-9,14-15,17H,10H2,(H,18,19)/t14-,15-/m1/s1. The molecular formula is C16H15NO3S. The van der Waals surface area contributed by atoms with Crippen LogP contribution in [0.5, 0.6) is 11.5 Å². The van der Waals surface area contributed by atoms with Crippen LogP contribution in [0, 0.1) is 0 Å². The maximum atomic E-state index is 11.0. The first-order chi connectivity index (χ1) is 10.2. The number of nitrogens with one attached hydrogen (secondary N) is 1. The van der Waals surface area contributed by atoms with Gasteiger partial charge in [-0.1, -0.05) is 30.3 Å². The normalized spacial score (nSPS) is 21.1. The molecule has 2 N–H and O–H groups in total. The molecule has 0 aliphatic carbocycles. The third-order valence-electron chi connectivity index (χ3n) is 3.25. The van der Waals surface area contributed by atoms with Crippen molar-refractivity contribution in [2.75, 3.05) is 5.75 Å². The van der Waals surface area contributed by atoms with Gasteiger partial charge < -0.3 is 9.84 Å². The van der Waals surface area contributed by atoms with Crippen molar-refractivity contribution in [2.45, 2.75) is 11.4 Å². The van der Waals surface area contributed by atoms with Gasteiger partial charge in [-0.25, -0.2) is 4.79 Å². The second-order valence-electron chi connectivity index (χ2n) is 4.76.